The van der Waals surface area contributed by atoms with E-state index in [1.54, 1.807) is 9.80 Å². The zero-order valence-corrected chi connectivity index (χ0v) is 32.9. The zero-order chi connectivity index (χ0) is 39.3. The third kappa shape index (κ3) is 21.3. The van der Waals surface area contributed by atoms with Crippen molar-refractivity contribution in [1.29, 1.82) is 0 Å². The SMILES string of the molecule is CC(C)(C)OC(=O)N1CCN(CCN)CC1.CC(C)(C)OC(=O)N1CCN(CCNC(=O)OCc2ccccc2)CC1.O=C(Cl)OCc1ccccc1. The first kappa shape index (κ1) is 45.0. The topological polar surface area (TPSA) is 156 Å². The second kappa shape index (κ2) is 23.5. The molecular formula is C38H59ClN6O8. The fourth-order valence-corrected chi connectivity index (χ4v) is 5.00. The lowest BCUT2D eigenvalue weighted by Gasteiger charge is -2.35. The van der Waals surface area contributed by atoms with Crippen molar-refractivity contribution in [3.8, 4) is 0 Å². The van der Waals surface area contributed by atoms with Gasteiger partial charge in [0.05, 0.1) is 0 Å². The number of piperazine rings is 2. The van der Waals surface area contributed by atoms with Crippen molar-refractivity contribution in [1.82, 2.24) is 24.9 Å². The Kier molecular flexibility index (Phi) is 20.0. The van der Waals surface area contributed by atoms with Crippen LogP contribution in [-0.2, 0) is 32.2 Å². The lowest BCUT2D eigenvalue weighted by Crippen LogP contribution is -2.51. The van der Waals surface area contributed by atoms with Crippen molar-refractivity contribution in [2.24, 2.45) is 5.73 Å². The van der Waals surface area contributed by atoms with Crippen molar-refractivity contribution in [2.75, 3.05) is 78.5 Å². The number of hydrogen-bond donors (Lipinski definition) is 2. The summed E-state index contributed by atoms with van der Waals surface area (Å²) < 4.78 is 20.4. The first-order valence-electron chi connectivity index (χ1n) is 18.0. The highest BCUT2D eigenvalue weighted by atomic mass is 35.5. The van der Waals surface area contributed by atoms with E-state index in [9.17, 15) is 19.2 Å². The molecule has 2 aromatic carbocycles. The Morgan fingerprint density at radius 2 is 1.04 bits per heavy atom. The van der Waals surface area contributed by atoms with Crippen molar-refractivity contribution < 1.29 is 38.1 Å². The first-order chi connectivity index (χ1) is 25.0. The molecule has 0 aliphatic carbocycles. The third-order valence-corrected chi connectivity index (χ3v) is 7.71. The molecule has 4 rings (SSSR count). The molecule has 2 aliphatic heterocycles. The molecule has 0 radical (unpaired) electrons. The minimum absolute atomic E-state index is 0.208. The van der Waals surface area contributed by atoms with Crippen LogP contribution < -0.4 is 11.1 Å². The van der Waals surface area contributed by atoms with E-state index in [0.29, 0.717) is 26.2 Å². The Morgan fingerprint density at radius 1 is 0.642 bits per heavy atom. The average Bonchev–Trinajstić information content (AvgIpc) is 3.10. The molecule has 0 spiro atoms. The Morgan fingerprint density at radius 3 is 1.42 bits per heavy atom. The van der Waals surface area contributed by atoms with Crippen LogP contribution in [-0.4, -0.2) is 133 Å². The van der Waals surface area contributed by atoms with Crippen LogP contribution in [0, 0.1) is 0 Å². The smallest absolute Gasteiger partial charge is 0.410 e. The number of benzene rings is 2. The van der Waals surface area contributed by atoms with Gasteiger partial charge in [-0.15, -0.1) is 0 Å². The molecule has 0 bridgehead atoms. The van der Waals surface area contributed by atoms with E-state index in [0.717, 1.165) is 63.5 Å². The molecule has 15 heteroatoms. The Balaban J connectivity index is 0.000000305. The molecule has 2 saturated heterocycles. The predicted molar refractivity (Wildman–Crippen MR) is 205 cm³/mol. The molecule has 2 fully saturated rings. The Bertz CT molecular complexity index is 1360. The summed E-state index contributed by atoms with van der Waals surface area (Å²) in [5.41, 5.74) is 5.73. The third-order valence-electron chi connectivity index (χ3n) is 7.60. The van der Waals surface area contributed by atoms with Gasteiger partial charge in [0, 0.05) is 90.1 Å². The van der Waals surface area contributed by atoms with Gasteiger partial charge in [-0.2, -0.15) is 0 Å². The second-order valence-corrected chi connectivity index (χ2v) is 14.7. The number of hydrogen-bond acceptors (Lipinski definition) is 11. The summed E-state index contributed by atoms with van der Waals surface area (Å²) in [6.45, 7) is 20.6. The van der Waals surface area contributed by atoms with Gasteiger partial charge in [-0.05, 0) is 52.7 Å². The van der Waals surface area contributed by atoms with Gasteiger partial charge in [-0.3, -0.25) is 9.80 Å². The highest BCUT2D eigenvalue weighted by molar-refractivity contribution is 6.61. The van der Waals surface area contributed by atoms with Crippen molar-refractivity contribution in [3.05, 3.63) is 71.8 Å². The van der Waals surface area contributed by atoms with Crippen LogP contribution in [0.5, 0.6) is 0 Å². The summed E-state index contributed by atoms with van der Waals surface area (Å²) in [5, 5.41) is 2.76. The number of nitrogens with zero attached hydrogens (tertiary/aromatic N) is 4. The van der Waals surface area contributed by atoms with Crippen molar-refractivity contribution >= 4 is 35.3 Å². The summed E-state index contributed by atoms with van der Waals surface area (Å²) >= 11 is 4.97. The van der Waals surface area contributed by atoms with E-state index in [1.165, 1.54) is 0 Å². The molecule has 3 amide bonds. The summed E-state index contributed by atoms with van der Waals surface area (Å²) in [6, 6.07) is 18.9. The number of amides is 3. The Labute approximate surface area is 319 Å². The maximum absolute atomic E-state index is 12.0. The molecule has 0 atom stereocenters. The van der Waals surface area contributed by atoms with Crippen molar-refractivity contribution in [2.45, 2.75) is 66.0 Å². The maximum atomic E-state index is 12.0. The van der Waals surface area contributed by atoms with Gasteiger partial charge in [0.15, 0.2) is 0 Å². The lowest BCUT2D eigenvalue weighted by molar-refractivity contribution is 0.0137. The first-order valence-corrected chi connectivity index (χ1v) is 18.3. The second-order valence-electron chi connectivity index (χ2n) is 14.4. The number of nitrogens with two attached hydrogens (primary N) is 1. The van der Waals surface area contributed by atoms with E-state index in [2.05, 4.69) is 19.9 Å². The molecule has 2 aliphatic rings. The summed E-state index contributed by atoms with van der Waals surface area (Å²) in [4.78, 5) is 53.6. The quantitative estimate of drug-likeness (QED) is 0.245. The van der Waals surface area contributed by atoms with E-state index >= 15 is 0 Å². The average molecular weight is 763 g/mol. The number of halogens is 1. The van der Waals surface area contributed by atoms with E-state index in [1.807, 2.05) is 102 Å². The van der Waals surface area contributed by atoms with Crippen molar-refractivity contribution in [3.63, 3.8) is 0 Å². The van der Waals surface area contributed by atoms with Crippen LogP contribution in [0.3, 0.4) is 0 Å². The van der Waals surface area contributed by atoms with Crippen LogP contribution >= 0.6 is 11.6 Å². The van der Waals surface area contributed by atoms with Gasteiger partial charge < -0.3 is 39.8 Å². The van der Waals surface area contributed by atoms with Gasteiger partial charge >= 0.3 is 23.7 Å². The van der Waals surface area contributed by atoms with Gasteiger partial charge in [0.2, 0.25) is 0 Å². The van der Waals surface area contributed by atoms with Gasteiger partial charge in [0.25, 0.3) is 0 Å². The van der Waals surface area contributed by atoms with Crippen LogP contribution in [0.1, 0.15) is 52.7 Å². The van der Waals surface area contributed by atoms with Crippen LogP contribution in [0.4, 0.5) is 19.2 Å². The summed E-state index contributed by atoms with van der Waals surface area (Å²) in [5.74, 6) is 0. The number of ether oxygens (including phenoxy) is 4. The minimum Gasteiger partial charge on any atom is -0.449 e. The molecule has 0 saturated carbocycles. The summed E-state index contributed by atoms with van der Waals surface area (Å²) in [7, 11) is 0. The molecule has 53 heavy (non-hydrogen) atoms. The monoisotopic (exact) mass is 762 g/mol. The van der Waals surface area contributed by atoms with Gasteiger partial charge in [0.1, 0.15) is 24.4 Å². The fourth-order valence-electron chi connectivity index (χ4n) is 4.95. The summed E-state index contributed by atoms with van der Waals surface area (Å²) in [6.07, 6.45) is -0.888. The zero-order valence-electron chi connectivity index (χ0n) is 32.2. The highest BCUT2D eigenvalue weighted by Gasteiger charge is 2.26. The van der Waals surface area contributed by atoms with E-state index < -0.39 is 22.7 Å². The lowest BCUT2D eigenvalue weighted by atomic mass is 10.2. The van der Waals surface area contributed by atoms with Crippen LogP contribution in [0.2, 0.25) is 0 Å². The number of rotatable bonds is 9. The number of carbonyl (C=O) groups excluding carboxylic acids is 4. The number of alkyl carbamates (subject to hydrolysis) is 1. The van der Waals surface area contributed by atoms with Crippen LogP contribution in [0.15, 0.2) is 60.7 Å². The standard InChI is InChI=1S/C19H29N3O4.C11H23N3O2.C8H7ClO2/c1-19(2,3)26-18(24)22-13-11-21(12-14-22)10-9-20-17(23)25-15-16-7-5-4-6-8-16;1-11(2,3)16-10(15)14-8-6-13(5-4-12)7-9-14;9-8(10)11-6-7-4-2-1-3-5-7/h4-8H,9-15H2,1-3H3,(H,20,23);4-9,12H2,1-3H3;1-5H,6H2. The molecule has 2 heterocycles. The fraction of sp³-hybridized carbons (Fsp3) is 0.579. The normalized spacial score (nSPS) is 15.1. The molecule has 0 unspecified atom stereocenters. The number of nitrogens with one attached hydrogen (secondary N) is 1. The molecule has 3 N–H and O–H groups in total. The van der Waals surface area contributed by atoms with Crippen LogP contribution in [0.25, 0.3) is 0 Å². The van der Waals surface area contributed by atoms with Gasteiger partial charge in [-0.25, -0.2) is 19.2 Å². The predicted octanol–water partition coefficient (Wildman–Crippen LogP) is 5.53. The van der Waals surface area contributed by atoms with E-state index in [-0.39, 0.29) is 25.4 Å². The molecule has 0 aromatic heterocycles. The minimum atomic E-state index is -0.770. The molecular weight excluding hydrogens is 704 g/mol. The molecule has 296 valence electrons. The highest BCUT2D eigenvalue weighted by Crippen LogP contribution is 2.13. The maximum Gasteiger partial charge on any atom is 0.410 e. The number of carbonyl (C=O) groups is 4. The largest absolute Gasteiger partial charge is 0.449 e. The Hall–Kier alpha value is -4.11. The van der Waals surface area contributed by atoms with Gasteiger partial charge in [-0.1, -0.05) is 60.7 Å². The molecule has 2 aromatic rings. The molecule has 14 nitrogen and oxygen atoms in total. The van der Waals surface area contributed by atoms with E-state index in [4.69, 9.17) is 31.5 Å².